The second kappa shape index (κ2) is 5.80. The quantitative estimate of drug-likeness (QED) is 0.415. The maximum atomic E-state index is 3.58. The van der Waals surface area contributed by atoms with Crippen LogP contribution in [0.5, 0.6) is 0 Å². The first-order valence-corrected chi connectivity index (χ1v) is 5.71. The van der Waals surface area contributed by atoms with Crippen LogP contribution in [-0.4, -0.2) is 23.1 Å². The second-order valence-corrected chi connectivity index (χ2v) is 4.48. The zero-order valence-corrected chi connectivity index (χ0v) is 12.2. The summed E-state index contributed by atoms with van der Waals surface area (Å²) in [5, 5.41) is 5.19. The molecule has 0 bridgehead atoms. The van der Waals surface area contributed by atoms with Gasteiger partial charge < -0.3 is 2.85 Å². The third kappa shape index (κ3) is 2.46. The Labute approximate surface area is 127 Å². The molecule has 0 aromatic heterocycles. The summed E-state index contributed by atoms with van der Waals surface area (Å²) < 4.78 is 1.16. The van der Waals surface area contributed by atoms with Gasteiger partial charge in [-0.1, -0.05) is 64.5 Å². The zero-order valence-electron chi connectivity index (χ0n) is 11.2. The van der Waals surface area contributed by atoms with Gasteiger partial charge in [0.2, 0.25) is 0 Å². The monoisotopic (exact) mass is 302 g/mol. The van der Waals surface area contributed by atoms with Crippen molar-refractivity contribution >= 4 is 60.5 Å². The van der Waals surface area contributed by atoms with Gasteiger partial charge >= 0.3 is 23.1 Å². The minimum Gasteiger partial charge on any atom is -1.00 e. The predicted molar refractivity (Wildman–Crippen MR) is 79.6 cm³/mol. The summed E-state index contributed by atoms with van der Waals surface area (Å²) in [6, 6.07) is 19.1. The van der Waals surface area contributed by atoms with E-state index in [2.05, 4.69) is 70.5 Å². The molecule has 0 amide bonds. The Hall–Kier alpha value is -0.644. The molecule has 0 nitrogen and oxygen atoms in total. The predicted octanol–water partition coefficient (Wildman–Crippen LogP) is 4.75. The number of rotatable bonds is 0. The third-order valence-electron chi connectivity index (χ3n) is 2.73. The molecule has 3 aromatic carbocycles. The molecule has 3 heteroatoms. The van der Waals surface area contributed by atoms with Crippen LogP contribution < -0.4 is 0 Å². The maximum Gasteiger partial charge on any atom is 2.00 e. The van der Waals surface area contributed by atoms with E-state index < -0.39 is 0 Å². The Morgan fingerprint density at radius 3 is 2.24 bits per heavy atom. The van der Waals surface area contributed by atoms with Gasteiger partial charge in [-0.15, -0.1) is 0 Å². The van der Waals surface area contributed by atoms with Crippen molar-refractivity contribution in [3.63, 3.8) is 0 Å². The van der Waals surface area contributed by atoms with Crippen LogP contribution in [0.4, 0.5) is 4.70 Å². The number of hydrogen-bond donors (Lipinski definition) is 0. The van der Waals surface area contributed by atoms with E-state index in [-0.39, 0.29) is 30.6 Å². The van der Waals surface area contributed by atoms with E-state index in [0.717, 1.165) is 4.47 Å². The summed E-state index contributed by atoms with van der Waals surface area (Å²) in [5.74, 6) is 0. The normalized spacial score (nSPS) is 9.71. The van der Waals surface area contributed by atoms with Crippen LogP contribution in [0.3, 0.4) is 0 Å². The molecule has 0 aliphatic rings. The Morgan fingerprint density at radius 1 is 0.706 bits per heavy atom. The van der Waals surface area contributed by atoms with Crippen molar-refractivity contribution in [1.29, 1.82) is 0 Å². The van der Waals surface area contributed by atoms with Crippen LogP contribution in [-0.2, 0) is 0 Å². The minimum atomic E-state index is 0. The molecule has 0 saturated carbocycles. The third-order valence-corrected chi connectivity index (χ3v) is 3.42. The van der Waals surface area contributed by atoms with Gasteiger partial charge in [-0.05, 0) is 27.6 Å². The van der Waals surface area contributed by atoms with E-state index in [9.17, 15) is 0 Å². The first-order valence-electron chi connectivity index (χ1n) is 4.92. The molecule has 0 radical (unpaired) electrons. The largest absolute Gasteiger partial charge is 2.00 e. The smallest absolute Gasteiger partial charge is 1.00 e. The fourth-order valence-corrected chi connectivity index (χ4v) is 2.50. The van der Waals surface area contributed by atoms with Gasteiger partial charge in [0.1, 0.15) is 0 Å². The summed E-state index contributed by atoms with van der Waals surface area (Å²) >= 11 is 3.58. The molecule has 17 heavy (non-hydrogen) atoms. The Balaban J connectivity index is 0. The molecule has 3 rings (SSSR count). The van der Waals surface area contributed by atoms with Crippen LogP contribution in [0.15, 0.2) is 59.1 Å². The Bertz CT molecular complexity index is 661. The zero-order chi connectivity index (χ0) is 10.3. The average Bonchev–Trinajstić information content (AvgIpc) is 2.29. The molecule has 0 unspecified atom stereocenters. The molecule has 0 fully saturated rings. The van der Waals surface area contributed by atoms with Crippen molar-refractivity contribution in [3.05, 3.63) is 59.1 Å². The SMILES string of the molecule is Brc1cccc2c1ccc1ccccc12.F.[H-].[H-].[Mg+2]. The molecule has 84 valence electrons. The van der Waals surface area contributed by atoms with Crippen molar-refractivity contribution in [2.45, 2.75) is 0 Å². The van der Waals surface area contributed by atoms with Gasteiger partial charge in [0.15, 0.2) is 0 Å². The summed E-state index contributed by atoms with van der Waals surface area (Å²) in [7, 11) is 0. The molecular formula is C14H12BrFMg. The van der Waals surface area contributed by atoms with E-state index >= 15 is 0 Å². The summed E-state index contributed by atoms with van der Waals surface area (Å²) in [6.07, 6.45) is 0. The number of fused-ring (bicyclic) bond motifs is 3. The summed E-state index contributed by atoms with van der Waals surface area (Å²) in [4.78, 5) is 0. The van der Waals surface area contributed by atoms with Crippen molar-refractivity contribution in [2.75, 3.05) is 0 Å². The van der Waals surface area contributed by atoms with Crippen molar-refractivity contribution < 1.29 is 7.56 Å². The number of halogens is 2. The summed E-state index contributed by atoms with van der Waals surface area (Å²) in [5.41, 5.74) is 0. The van der Waals surface area contributed by atoms with Crippen LogP contribution >= 0.6 is 15.9 Å². The van der Waals surface area contributed by atoms with Crippen molar-refractivity contribution in [3.8, 4) is 0 Å². The van der Waals surface area contributed by atoms with Crippen LogP contribution in [0.25, 0.3) is 21.5 Å². The van der Waals surface area contributed by atoms with E-state index in [1.165, 1.54) is 21.5 Å². The standard InChI is InChI=1S/C14H9Br.FH.Mg.2H/c15-14-7-3-6-12-11-5-2-1-4-10(11)8-9-13(12)14;;;;/h1-9H;1H;;;/q;;+2;2*-1. The van der Waals surface area contributed by atoms with Crippen LogP contribution in [0.1, 0.15) is 2.85 Å². The van der Waals surface area contributed by atoms with E-state index in [1.54, 1.807) is 0 Å². The number of hydrogen-bond acceptors (Lipinski definition) is 0. The first kappa shape index (κ1) is 14.4. The molecule has 0 atom stereocenters. The van der Waals surface area contributed by atoms with Crippen molar-refractivity contribution in [2.24, 2.45) is 0 Å². The van der Waals surface area contributed by atoms with Crippen LogP contribution in [0, 0.1) is 0 Å². The topological polar surface area (TPSA) is 0 Å². The average molecular weight is 303 g/mol. The van der Waals surface area contributed by atoms with Gasteiger partial charge in [-0.25, -0.2) is 0 Å². The van der Waals surface area contributed by atoms with Gasteiger partial charge in [0, 0.05) is 4.47 Å². The molecule has 0 saturated heterocycles. The van der Waals surface area contributed by atoms with Gasteiger partial charge in [-0.3, -0.25) is 4.70 Å². The molecule has 3 aromatic rings. The van der Waals surface area contributed by atoms with Crippen molar-refractivity contribution in [1.82, 2.24) is 0 Å². The van der Waals surface area contributed by atoms with E-state index in [0.29, 0.717) is 0 Å². The van der Waals surface area contributed by atoms with Crippen LogP contribution in [0.2, 0.25) is 0 Å². The summed E-state index contributed by atoms with van der Waals surface area (Å²) in [6.45, 7) is 0. The van der Waals surface area contributed by atoms with Gasteiger partial charge in [0.05, 0.1) is 0 Å². The Kier molecular flexibility index (Phi) is 4.92. The fourth-order valence-electron chi connectivity index (χ4n) is 2.00. The second-order valence-electron chi connectivity index (χ2n) is 3.62. The minimum absolute atomic E-state index is 0. The first-order chi connectivity index (χ1) is 7.36. The molecule has 0 heterocycles. The van der Waals surface area contributed by atoms with Gasteiger partial charge in [0.25, 0.3) is 0 Å². The molecule has 0 spiro atoms. The maximum absolute atomic E-state index is 3.58. The van der Waals surface area contributed by atoms with E-state index in [1.807, 2.05) is 0 Å². The molecule has 0 N–H and O–H groups in total. The molecule has 0 aliphatic carbocycles. The Morgan fingerprint density at radius 2 is 1.41 bits per heavy atom. The van der Waals surface area contributed by atoms with E-state index in [4.69, 9.17) is 0 Å². The molecular weight excluding hydrogens is 291 g/mol. The van der Waals surface area contributed by atoms with Gasteiger partial charge in [-0.2, -0.15) is 0 Å². The molecule has 0 aliphatic heterocycles. The fraction of sp³-hybridized carbons (Fsp3) is 0. The number of benzene rings is 3.